The van der Waals surface area contributed by atoms with E-state index in [0.29, 0.717) is 28.0 Å². The molecule has 0 amide bonds. The molecule has 2 aromatic heterocycles. The zero-order valence-electron chi connectivity index (χ0n) is 14.9. The summed E-state index contributed by atoms with van der Waals surface area (Å²) in [5.41, 5.74) is 3.97. The number of aliphatic imine (C=N–C) groups is 1. The Morgan fingerprint density at radius 3 is 2.56 bits per heavy atom. The highest BCUT2D eigenvalue weighted by atomic mass is 16.3. The van der Waals surface area contributed by atoms with Gasteiger partial charge in [0.1, 0.15) is 11.3 Å². The quantitative estimate of drug-likeness (QED) is 0.341. The minimum absolute atomic E-state index is 0.460. The molecular formula is C23H19N3O. The highest BCUT2D eigenvalue weighted by Gasteiger charge is 2.13. The van der Waals surface area contributed by atoms with E-state index < -0.39 is 0 Å². The first-order chi connectivity index (χ1) is 13.2. The van der Waals surface area contributed by atoms with Crippen LogP contribution in [0.15, 0.2) is 102 Å². The fourth-order valence-electron chi connectivity index (χ4n) is 2.37. The number of hydrogen-bond donors (Lipinski definition) is 0. The highest BCUT2D eigenvalue weighted by molar-refractivity contribution is 5.93. The van der Waals surface area contributed by atoms with Crippen LogP contribution in [0.2, 0.25) is 0 Å². The van der Waals surface area contributed by atoms with E-state index in [1.807, 2.05) is 12.1 Å². The maximum absolute atomic E-state index is 9.25. The molecule has 4 nitrogen and oxygen atoms in total. The van der Waals surface area contributed by atoms with Crippen LogP contribution >= 0.6 is 0 Å². The molecule has 0 atom stereocenters. The van der Waals surface area contributed by atoms with Gasteiger partial charge in [0, 0.05) is 35.8 Å². The Hall–Kier alpha value is -3.97. The molecular weight excluding hydrogens is 334 g/mol. The van der Waals surface area contributed by atoms with Gasteiger partial charge in [-0.15, -0.1) is 0 Å². The van der Waals surface area contributed by atoms with Crippen molar-refractivity contribution in [2.75, 3.05) is 0 Å². The number of hydrogen-bond acceptors (Lipinski definition) is 4. The van der Waals surface area contributed by atoms with Gasteiger partial charge in [0.05, 0.1) is 11.6 Å². The van der Waals surface area contributed by atoms with Gasteiger partial charge in [0.25, 0.3) is 0 Å². The van der Waals surface area contributed by atoms with Crippen molar-refractivity contribution in [3.05, 3.63) is 104 Å². The average Bonchev–Trinajstić information content (AvgIpc) is 3.12. The van der Waals surface area contributed by atoms with Crippen LogP contribution in [0.25, 0.3) is 22.2 Å². The Bertz CT molecular complexity index is 1050. The monoisotopic (exact) mass is 353 g/mol. The predicted octanol–water partition coefficient (Wildman–Crippen LogP) is 5.82. The third-order valence-electron chi connectivity index (χ3n) is 3.59. The number of allylic oxidation sites excluding steroid dienone is 9. The average molecular weight is 353 g/mol. The van der Waals surface area contributed by atoms with Gasteiger partial charge in [-0.05, 0) is 23.8 Å². The lowest BCUT2D eigenvalue weighted by Crippen LogP contribution is -1.85. The van der Waals surface area contributed by atoms with Crippen LogP contribution in [0.5, 0.6) is 0 Å². The molecule has 2 aromatic rings. The lowest BCUT2D eigenvalue weighted by Gasteiger charge is -2.03. The van der Waals surface area contributed by atoms with Crippen LogP contribution in [0, 0.1) is 11.3 Å². The van der Waals surface area contributed by atoms with Crippen molar-refractivity contribution >= 4 is 28.5 Å². The van der Waals surface area contributed by atoms with E-state index in [1.54, 1.807) is 55.1 Å². The van der Waals surface area contributed by atoms with Crippen LogP contribution in [-0.2, 0) is 0 Å². The molecule has 0 radical (unpaired) electrons. The van der Waals surface area contributed by atoms with Gasteiger partial charge in [-0.3, -0.25) is 9.98 Å². The van der Waals surface area contributed by atoms with Gasteiger partial charge in [-0.1, -0.05) is 50.6 Å². The fraction of sp³-hybridized carbons (Fsp3) is 0. The number of fused-ring (bicyclic) bond motifs is 1. The minimum Gasteiger partial charge on any atom is -0.454 e. The van der Waals surface area contributed by atoms with E-state index >= 15 is 0 Å². The van der Waals surface area contributed by atoms with Crippen molar-refractivity contribution in [2.24, 2.45) is 4.99 Å². The molecule has 0 aliphatic rings. The molecule has 0 saturated carbocycles. The van der Waals surface area contributed by atoms with E-state index in [-0.39, 0.29) is 0 Å². The normalized spacial score (nSPS) is 12.8. The standard InChI is InChI=1S/C23H19N3O/c1-5-9-17(15-24)13-18(7-3)20-10-12-26-21-14-22(27-23(20)21)19(8-4)16-25-11-6-2/h5-14,16H,1-4H2/b17-9+,18-13+,19-16+,25-11?. The summed E-state index contributed by atoms with van der Waals surface area (Å²) < 4.78 is 6.03. The fourth-order valence-corrected chi connectivity index (χ4v) is 2.37. The molecule has 0 bridgehead atoms. The third kappa shape index (κ3) is 4.56. The van der Waals surface area contributed by atoms with E-state index in [1.165, 1.54) is 0 Å². The summed E-state index contributed by atoms with van der Waals surface area (Å²) in [7, 11) is 0. The summed E-state index contributed by atoms with van der Waals surface area (Å²) in [5, 5.41) is 9.25. The lowest BCUT2D eigenvalue weighted by atomic mass is 10.0. The van der Waals surface area contributed by atoms with Gasteiger partial charge >= 0.3 is 0 Å². The first-order valence-corrected chi connectivity index (χ1v) is 8.11. The summed E-state index contributed by atoms with van der Waals surface area (Å²) in [4.78, 5) is 8.48. The summed E-state index contributed by atoms with van der Waals surface area (Å²) in [6, 6.07) is 5.76. The SMILES string of the molecule is C=CC=N/C=C(\C=C)c1cc2nccc(/C(C=C)=C/C(C#N)=C\C=C)c2o1. The number of furan rings is 1. The smallest absolute Gasteiger partial charge is 0.161 e. The van der Waals surface area contributed by atoms with Crippen molar-refractivity contribution in [2.45, 2.75) is 0 Å². The van der Waals surface area contributed by atoms with Crippen molar-refractivity contribution in [3.8, 4) is 6.07 Å². The van der Waals surface area contributed by atoms with E-state index in [4.69, 9.17) is 4.42 Å². The molecule has 27 heavy (non-hydrogen) atoms. The summed E-state index contributed by atoms with van der Waals surface area (Å²) >= 11 is 0. The summed E-state index contributed by atoms with van der Waals surface area (Å²) in [6.07, 6.45) is 14.7. The molecule has 0 fully saturated rings. The van der Waals surface area contributed by atoms with Gasteiger partial charge < -0.3 is 4.42 Å². The van der Waals surface area contributed by atoms with Crippen LogP contribution in [0.4, 0.5) is 0 Å². The Morgan fingerprint density at radius 2 is 1.93 bits per heavy atom. The van der Waals surface area contributed by atoms with E-state index in [2.05, 4.69) is 42.4 Å². The lowest BCUT2D eigenvalue weighted by molar-refractivity contribution is 0.599. The molecule has 132 valence electrons. The van der Waals surface area contributed by atoms with Gasteiger partial charge in [-0.2, -0.15) is 5.26 Å². The number of rotatable bonds is 8. The topological polar surface area (TPSA) is 62.2 Å². The van der Waals surface area contributed by atoms with Crippen LogP contribution in [0.3, 0.4) is 0 Å². The molecule has 0 aliphatic carbocycles. The Balaban J connectivity index is 2.63. The van der Waals surface area contributed by atoms with Crippen molar-refractivity contribution in [1.82, 2.24) is 4.98 Å². The van der Waals surface area contributed by atoms with Gasteiger partial charge in [-0.25, -0.2) is 0 Å². The second-order valence-electron chi connectivity index (χ2n) is 5.28. The molecule has 0 aliphatic heterocycles. The van der Waals surface area contributed by atoms with Crippen LogP contribution in [0.1, 0.15) is 11.3 Å². The molecule has 2 heterocycles. The van der Waals surface area contributed by atoms with Gasteiger partial charge in [0.15, 0.2) is 5.58 Å². The van der Waals surface area contributed by atoms with Crippen LogP contribution < -0.4 is 0 Å². The highest BCUT2D eigenvalue weighted by Crippen LogP contribution is 2.31. The zero-order valence-corrected chi connectivity index (χ0v) is 14.9. The molecule has 0 unspecified atom stereocenters. The molecule has 0 aromatic carbocycles. The molecule has 2 rings (SSSR count). The minimum atomic E-state index is 0.460. The predicted molar refractivity (Wildman–Crippen MR) is 113 cm³/mol. The molecule has 0 saturated heterocycles. The maximum Gasteiger partial charge on any atom is 0.161 e. The molecule has 0 N–H and O–H groups in total. The van der Waals surface area contributed by atoms with Crippen LogP contribution in [-0.4, -0.2) is 11.2 Å². The molecule has 4 heteroatoms. The van der Waals surface area contributed by atoms with E-state index in [9.17, 15) is 5.26 Å². The third-order valence-corrected chi connectivity index (χ3v) is 3.59. The first kappa shape index (κ1) is 19.4. The van der Waals surface area contributed by atoms with E-state index in [0.717, 1.165) is 11.1 Å². The second kappa shape index (κ2) is 9.50. The Kier molecular flexibility index (Phi) is 6.81. The maximum atomic E-state index is 9.25. The summed E-state index contributed by atoms with van der Waals surface area (Å²) in [5.74, 6) is 0.590. The Labute approximate surface area is 158 Å². The first-order valence-electron chi connectivity index (χ1n) is 8.11. The second-order valence-corrected chi connectivity index (χ2v) is 5.28. The number of aromatic nitrogens is 1. The van der Waals surface area contributed by atoms with Gasteiger partial charge in [0.2, 0.25) is 0 Å². The van der Waals surface area contributed by atoms with Crippen molar-refractivity contribution in [3.63, 3.8) is 0 Å². The van der Waals surface area contributed by atoms with Crippen molar-refractivity contribution < 1.29 is 4.42 Å². The largest absolute Gasteiger partial charge is 0.454 e. The summed E-state index contributed by atoms with van der Waals surface area (Å²) in [6.45, 7) is 14.9. The number of nitrogens with zero attached hydrogens (tertiary/aromatic N) is 3. The van der Waals surface area contributed by atoms with Crippen molar-refractivity contribution in [1.29, 1.82) is 5.26 Å². The zero-order chi connectivity index (χ0) is 19.6. The molecule has 0 spiro atoms. The Morgan fingerprint density at radius 1 is 1.15 bits per heavy atom. The number of nitriles is 1. The number of pyridine rings is 1.